The largest absolute Gasteiger partial charge is 0.481 e. The summed E-state index contributed by atoms with van der Waals surface area (Å²) in [6, 6.07) is 10.4. The van der Waals surface area contributed by atoms with Gasteiger partial charge >= 0.3 is 23.6 Å². The monoisotopic (exact) mass is 604 g/mol. The minimum atomic E-state index is -2.74. The van der Waals surface area contributed by atoms with E-state index in [-0.39, 0.29) is 5.69 Å². The van der Waals surface area contributed by atoms with Crippen molar-refractivity contribution in [1.82, 2.24) is 18.9 Å². The van der Waals surface area contributed by atoms with Crippen LogP contribution >= 0.6 is 0 Å². The van der Waals surface area contributed by atoms with Crippen LogP contribution in [0.15, 0.2) is 39.5 Å². The molecular formula is C29H40N4O10. The summed E-state index contributed by atoms with van der Waals surface area (Å²) < 4.78 is 14.7. The number of hydrogen-bond acceptors (Lipinski definition) is 9. The maximum absolute atomic E-state index is 12.2. The van der Waals surface area contributed by atoms with E-state index in [9.17, 15) is 19.2 Å². The molecule has 3 heterocycles. The Hall–Kier alpha value is -3.98. The first-order valence-corrected chi connectivity index (χ1v) is 13.9. The molecule has 2 aromatic heterocycles. The summed E-state index contributed by atoms with van der Waals surface area (Å²) in [5.74, 6) is -3.08. The molecule has 4 rings (SSSR count). The molecular weight excluding hydrogens is 564 g/mol. The van der Waals surface area contributed by atoms with Gasteiger partial charge in [0, 0.05) is 40.3 Å². The lowest BCUT2D eigenvalue weighted by molar-refractivity contribution is -0.170. The number of hydrogen-bond donors (Lipinski definition) is 4. The summed E-state index contributed by atoms with van der Waals surface area (Å²) >= 11 is 0. The van der Waals surface area contributed by atoms with Gasteiger partial charge in [0.1, 0.15) is 11.5 Å². The van der Waals surface area contributed by atoms with Crippen molar-refractivity contribution in [2.45, 2.75) is 44.9 Å². The highest BCUT2D eigenvalue weighted by atomic mass is 16.5. The highest BCUT2D eigenvalue weighted by molar-refractivity contribution is 5.88. The van der Waals surface area contributed by atoms with Gasteiger partial charge in [0.2, 0.25) is 0 Å². The van der Waals surface area contributed by atoms with E-state index in [1.807, 2.05) is 27.1 Å². The van der Waals surface area contributed by atoms with Crippen LogP contribution in [0.5, 0.6) is 0 Å². The Labute approximate surface area is 248 Å². The van der Waals surface area contributed by atoms with Crippen LogP contribution in [0.3, 0.4) is 0 Å². The number of aliphatic hydroxyl groups is 1. The van der Waals surface area contributed by atoms with Gasteiger partial charge in [0.25, 0.3) is 0 Å². The molecule has 4 N–H and O–H groups in total. The summed E-state index contributed by atoms with van der Waals surface area (Å²) in [6.45, 7) is 9.38. The standard InChI is InChI=1S/C23H32N4O3.C6H8O7/c1-18-5-7-20(30-18)17-27(10-4-9-26-11-13-29-14-12-26)16-19-6-8-21-22(15-19)25(3)23(28)24(21)2;7-3(8)1-6(13,5(11)12)2-4(9)10/h5-8,15H,4,9-14,16-17H2,1-3H3;13H,1-2H2,(H,7,8)(H,9,10)(H,11,12). The number of carbonyl (C=O) groups is 3. The Morgan fingerprint density at radius 1 is 0.930 bits per heavy atom. The van der Waals surface area contributed by atoms with Gasteiger partial charge in [-0.15, -0.1) is 0 Å². The van der Waals surface area contributed by atoms with Gasteiger partial charge in [-0.25, -0.2) is 9.59 Å². The number of furan rings is 1. The van der Waals surface area contributed by atoms with Crippen molar-refractivity contribution in [3.8, 4) is 0 Å². The lowest BCUT2D eigenvalue weighted by atomic mass is 9.96. The third-order valence-corrected chi connectivity index (χ3v) is 7.26. The normalized spacial score (nSPS) is 14.1. The molecule has 0 unspecified atom stereocenters. The number of aromatic nitrogens is 2. The zero-order chi connectivity index (χ0) is 31.7. The van der Waals surface area contributed by atoms with Crippen LogP contribution in [0.1, 0.15) is 36.3 Å². The molecule has 0 aliphatic carbocycles. The highest BCUT2D eigenvalue weighted by Crippen LogP contribution is 2.18. The van der Waals surface area contributed by atoms with Crippen LogP contribution in [0, 0.1) is 6.92 Å². The molecule has 14 nitrogen and oxygen atoms in total. The molecule has 0 bridgehead atoms. The Morgan fingerprint density at radius 3 is 2.12 bits per heavy atom. The number of aliphatic carboxylic acids is 3. The van der Waals surface area contributed by atoms with E-state index in [0.29, 0.717) is 0 Å². The second-order valence-corrected chi connectivity index (χ2v) is 10.7. The smallest absolute Gasteiger partial charge is 0.336 e. The van der Waals surface area contributed by atoms with Crippen molar-refractivity contribution < 1.29 is 44.0 Å². The molecule has 0 radical (unpaired) electrons. The fourth-order valence-electron chi connectivity index (χ4n) is 4.97. The third kappa shape index (κ3) is 9.51. The van der Waals surface area contributed by atoms with E-state index in [0.717, 1.165) is 81.5 Å². The van der Waals surface area contributed by atoms with Crippen molar-refractivity contribution in [2.24, 2.45) is 14.1 Å². The topological polar surface area (TPSA) is 188 Å². The van der Waals surface area contributed by atoms with Crippen molar-refractivity contribution in [3.05, 3.63) is 57.9 Å². The molecule has 1 fully saturated rings. The Kier molecular flexibility index (Phi) is 11.7. The molecule has 236 valence electrons. The number of fused-ring (bicyclic) bond motifs is 1. The zero-order valence-electron chi connectivity index (χ0n) is 24.7. The number of benzene rings is 1. The fraction of sp³-hybridized carbons (Fsp3) is 0.517. The lowest BCUT2D eigenvalue weighted by Gasteiger charge is -2.28. The maximum Gasteiger partial charge on any atom is 0.336 e. The van der Waals surface area contributed by atoms with E-state index < -0.39 is 36.4 Å². The van der Waals surface area contributed by atoms with E-state index in [1.54, 1.807) is 9.13 Å². The summed E-state index contributed by atoms with van der Waals surface area (Å²) in [5, 5.41) is 33.8. The molecule has 0 saturated carbocycles. The summed E-state index contributed by atoms with van der Waals surface area (Å²) in [7, 11) is 3.65. The highest BCUT2D eigenvalue weighted by Gasteiger charge is 2.40. The van der Waals surface area contributed by atoms with E-state index in [2.05, 4.69) is 34.1 Å². The third-order valence-electron chi connectivity index (χ3n) is 7.26. The van der Waals surface area contributed by atoms with Crippen LogP contribution < -0.4 is 5.69 Å². The van der Waals surface area contributed by atoms with Crippen LogP contribution in [-0.4, -0.2) is 102 Å². The number of morpholine rings is 1. The predicted molar refractivity (Wildman–Crippen MR) is 155 cm³/mol. The number of imidazole rings is 1. The molecule has 43 heavy (non-hydrogen) atoms. The van der Waals surface area contributed by atoms with E-state index in [4.69, 9.17) is 29.6 Å². The van der Waals surface area contributed by atoms with Gasteiger partial charge in [-0.1, -0.05) is 6.07 Å². The molecule has 1 saturated heterocycles. The van der Waals surface area contributed by atoms with Gasteiger partial charge in [-0.3, -0.25) is 28.5 Å². The van der Waals surface area contributed by atoms with Crippen molar-refractivity contribution in [2.75, 3.05) is 39.4 Å². The average Bonchev–Trinajstić information content (AvgIpc) is 3.44. The first-order valence-electron chi connectivity index (χ1n) is 13.9. The van der Waals surface area contributed by atoms with Gasteiger partial charge in [0.05, 0.1) is 43.6 Å². The quantitative estimate of drug-likeness (QED) is 0.219. The summed E-state index contributed by atoms with van der Waals surface area (Å²) in [6.07, 6.45) is -1.19. The molecule has 1 aliphatic rings. The Balaban J connectivity index is 0.000000331. The molecule has 1 aromatic carbocycles. The number of carboxylic acids is 3. The molecule has 1 aliphatic heterocycles. The van der Waals surface area contributed by atoms with Gasteiger partial charge < -0.3 is 29.6 Å². The van der Waals surface area contributed by atoms with Crippen LogP contribution in [0.25, 0.3) is 11.0 Å². The summed E-state index contributed by atoms with van der Waals surface area (Å²) in [5.41, 5.74) is 0.417. The van der Waals surface area contributed by atoms with E-state index in [1.165, 1.54) is 5.56 Å². The van der Waals surface area contributed by atoms with E-state index >= 15 is 0 Å². The molecule has 14 heteroatoms. The first-order chi connectivity index (χ1) is 20.3. The number of rotatable bonds is 13. The number of carboxylic acid groups (broad SMARTS) is 3. The number of nitrogens with zero attached hydrogens (tertiary/aromatic N) is 4. The van der Waals surface area contributed by atoms with Crippen LogP contribution in [-0.2, 0) is 46.3 Å². The van der Waals surface area contributed by atoms with Crippen molar-refractivity contribution in [1.29, 1.82) is 0 Å². The summed E-state index contributed by atoms with van der Waals surface area (Å²) in [4.78, 5) is 47.6. The molecule has 0 amide bonds. The zero-order valence-corrected chi connectivity index (χ0v) is 24.7. The van der Waals surface area contributed by atoms with Crippen LogP contribution in [0.2, 0.25) is 0 Å². The first kappa shape index (κ1) is 33.5. The van der Waals surface area contributed by atoms with Gasteiger partial charge in [-0.05, 0) is 49.7 Å². The fourth-order valence-corrected chi connectivity index (χ4v) is 4.97. The minimum Gasteiger partial charge on any atom is -0.481 e. The second kappa shape index (κ2) is 15.0. The van der Waals surface area contributed by atoms with Crippen molar-refractivity contribution >= 4 is 28.9 Å². The SMILES string of the molecule is Cc1ccc(CN(CCCN2CCOCC2)Cc2ccc3c(c2)n(C)c(=O)n3C)o1.O=C(O)CC(O)(CC(=O)O)C(=O)O. The Morgan fingerprint density at radius 2 is 1.56 bits per heavy atom. The van der Waals surface area contributed by atoms with Gasteiger partial charge in [-0.2, -0.15) is 0 Å². The average molecular weight is 605 g/mol. The van der Waals surface area contributed by atoms with Crippen LogP contribution in [0.4, 0.5) is 0 Å². The number of ether oxygens (including phenoxy) is 1. The molecule has 0 atom stereocenters. The van der Waals surface area contributed by atoms with Crippen molar-refractivity contribution in [3.63, 3.8) is 0 Å². The number of aryl methyl sites for hydroxylation is 3. The maximum atomic E-state index is 12.2. The lowest BCUT2D eigenvalue weighted by Crippen LogP contribution is -2.42. The minimum absolute atomic E-state index is 0.00979. The molecule has 0 spiro atoms. The predicted octanol–water partition coefficient (Wildman–Crippen LogP) is 1.25. The molecule has 3 aromatic rings. The Bertz CT molecular complexity index is 1450. The second-order valence-electron chi connectivity index (χ2n) is 10.7. The van der Waals surface area contributed by atoms with Gasteiger partial charge in [0.15, 0.2) is 5.60 Å².